The van der Waals surface area contributed by atoms with Crippen molar-refractivity contribution >= 4 is 5.65 Å². The normalized spacial score (nSPS) is 12.2. The Morgan fingerprint density at radius 3 is 2.75 bits per heavy atom. The Balaban J connectivity index is 1.98. The van der Waals surface area contributed by atoms with Gasteiger partial charge in [-0.2, -0.15) is 0 Å². The molecule has 0 bridgehead atoms. The summed E-state index contributed by atoms with van der Waals surface area (Å²) in [6.45, 7) is 8.94. The Kier molecular flexibility index (Phi) is 2.81. The van der Waals surface area contributed by atoms with Gasteiger partial charge in [-0.15, -0.1) is 5.10 Å². The summed E-state index contributed by atoms with van der Waals surface area (Å²) in [5.41, 5.74) is 3.01. The molecule has 0 aliphatic carbocycles. The number of tetrazole rings is 1. The zero-order valence-electron chi connectivity index (χ0n) is 12.2. The van der Waals surface area contributed by atoms with Crippen molar-refractivity contribution in [3.63, 3.8) is 0 Å². The topological polar surface area (TPSA) is 60.9 Å². The first kappa shape index (κ1) is 12.8. The molecule has 0 aromatic carbocycles. The van der Waals surface area contributed by atoms with Crippen LogP contribution in [0.2, 0.25) is 0 Å². The van der Waals surface area contributed by atoms with Crippen molar-refractivity contribution in [2.75, 3.05) is 0 Å². The zero-order chi connectivity index (χ0) is 14.3. The van der Waals surface area contributed by atoms with Gasteiger partial charge in [-0.1, -0.05) is 26.8 Å². The van der Waals surface area contributed by atoms with Crippen LogP contribution in [0.1, 0.15) is 37.9 Å². The molecule has 20 heavy (non-hydrogen) atoms. The molecule has 0 aliphatic heterocycles. The SMILES string of the molecule is Cc1cccn2cc(Cn3nnnc3C(C)(C)C)nc12. The maximum absolute atomic E-state index is 4.66. The van der Waals surface area contributed by atoms with Gasteiger partial charge in [0.1, 0.15) is 5.65 Å². The van der Waals surface area contributed by atoms with Crippen LogP contribution in [0.5, 0.6) is 0 Å². The molecule has 3 aromatic heterocycles. The third-order valence-corrected chi connectivity index (χ3v) is 3.24. The molecular formula is C14H18N6. The van der Waals surface area contributed by atoms with E-state index >= 15 is 0 Å². The summed E-state index contributed by atoms with van der Waals surface area (Å²) in [6, 6.07) is 4.08. The second-order valence-corrected chi connectivity index (χ2v) is 6.06. The van der Waals surface area contributed by atoms with Gasteiger partial charge in [0.05, 0.1) is 12.2 Å². The molecule has 0 N–H and O–H groups in total. The van der Waals surface area contributed by atoms with Crippen molar-refractivity contribution in [1.82, 2.24) is 29.6 Å². The number of rotatable bonds is 2. The molecule has 0 saturated heterocycles. The van der Waals surface area contributed by atoms with Crippen molar-refractivity contribution < 1.29 is 0 Å². The van der Waals surface area contributed by atoms with E-state index in [1.54, 1.807) is 0 Å². The predicted octanol–water partition coefficient (Wildman–Crippen LogP) is 1.98. The van der Waals surface area contributed by atoms with Gasteiger partial charge in [-0.25, -0.2) is 9.67 Å². The fourth-order valence-electron chi connectivity index (χ4n) is 2.28. The van der Waals surface area contributed by atoms with E-state index in [4.69, 9.17) is 0 Å². The largest absolute Gasteiger partial charge is 0.307 e. The number of nitrogens with zero attached hydrogens (tertiary/aromatic N) is 6. The number of fused-ring (bicyclic) bond motifs is 1. The molecule has 3 heterocycles. The first-order chi connectivity index (χ1) is 9.45. The summed E-state index contributed by atoms with van der Waals surface area (Å²) in [5, 5.41) is 12.0. The van der Waals surface area contributed by atoms with Gasteiger partial charge in [0, 0.05) is 17.8 Å². The van der Waals surface area contributed by atoms with E-state index in [-0.39, 0.29) is 5.41 Å². The monoisotopic (exact) mass is 270 g/mol. The molecule has 0 saturated carbocycles. The second-order valence-electron chi connectivity index (χ2n) is 6.06. The highest BCUT2D eigenvalue weighted by Gasteiger charge is 2.22. The minimum atomic E-state index is -0.0847. The number of hydrogen-bond acceptors (Lipinski definition) is 4. The van der Waals surface area contributed by atoms with E-state index in [2.05, 4.69) is 54.3 Å². The van der Waals surface area contributed by atoms with Crippen LogP contribution < -0.4 is 0 Å². The van der Waals surface area contributed by atoms with Gasteiger partial charge in [0.2, 0.25) is 0 Å². The van der Waals surface area contributed by atoms with Crippen LogP contribution in [-0.2, 0) is 12.0 Å². The van der Waals surface area contributed by atoms with Crippen molar-refractivity contribution in [3.8, 4) is 0 Å². The molecule has 104 valence electrons. The third kappa shape index (κ3) is 2.17. The van der Waals surface area contributed by atoms with Crippen molar-refractivity contribution in [3.05, 3.63) is 41.6 Å². The van der Waals surface area contributed by atoms with Crippen LogP contribution in [-0.4, -0.2) is 29.6 Å². The number of hydrogen-bond donors (Lipinski definition) is 0. The minimum absolute atomic E-state index is 0.0847. The van der Waals surface area contributed by atoms with Gasteiger partial charge >= 0.3 is 0 Å². The molecule has 6 nitrogen and oxygen atoms in total. The number of aryl methyl sites for hydroxylation is 1. The van der Waals surface area contributed by atoms with Crippen LogP contribution in [0.15, 0.2) is 24.5 Å². The molecule has 0 unspecified atom stereocenters. The maximum atomic E-state index is 4.66. The predicted molar refractivity (Wildman–Crippen MR) is 75.5 cm³/mol. The highest BCUT2D eigenvalue weighted by atomic mass is 15.5. The zero-order valence-corrected chi connectivity index (χ0v) is 12.2. The average molecular weight is 270 g/mol. The highest BCUT2D eigenvalue weighted by Crippen LogP contribution is 2.19. The van der Waals surface area contributed by atoms with Gasteiger partial charge in [0.25, 0.3) is 0 Å². The molecule has 0 aliphatic rings. The Morgan fingerprint density at radius 2 is 2.05 bits per heavy atom. The third-order valence-electron chi connectivity index (χ3n) is 3.24. The van der Waals surface area contributed by atoms with E-state index in [1.165, 1.54) is 0 Å². The summed E-state index contributed by atoms with van der Waals surface area (Å²) in [7, 11) is 0. The Labute approximate surface area is 117 Å². The summed E-state index contributed by atoms with van der Waals surface area (Å²) >= 11 is 0. The summed E-state index contributed by atoms with van der Waals surface area (Å²) in [5.74, 6) is 0.867. The van der Waals surface area contributed by atoms with Crippen LogP contribution in [0, 0.1) is 6.92 Å². The molecular weight excluding hydrogens is 252 g/mol. The standard InChI is InChI=1S/C14H18N6/c1-10-6-5-7-19-8-11(15-12(10)19)9-20-13(14(2,3)4)16-17-18-20/h5-8H,9H2,1-4H3. The quantitative estimate of drug-likeness (QED) is 0.714. The Morgan fingerprint density at radius 1 is 1.25 bits per heavy atom. The van der Waals surface area contributed by atoms with Gasteiger partial charge in [-0.05, 0) is 29.0 Å². The van der Waals surface area contributed by atoms with Crippen molar-refractivity contribution in [1.29, 1.82) is 0 Å². The van der Waals surface area contributed by atoms with Crippen LogP contribution in [0.25, 0.3) is 5.65 Å². The van der Waals surface area contributed by atoms with Crippen LogP contribution in [0.4, 0.5) is 0 Å². The van der Waals surface area contributed by atoms with Gasteiger partial charge in [-0.3, -0.25) is 0 Å². The fraction of sp³-hybridized carbons (Fsp3) is 0.429. The fourth-order valence-corrected chi connectivity index (χ4v) is 2.28. The number of aromatic nitrogens is 6. The van der Waals surface area contributed by atoms with Crippen LogP contribution >= 0.6 is 0 Å². The van der Waals surface area contributed by atoms with Crippen molar-refractivity contribution in [2.24, 2.45) is 0 Å². The summed E-state index contributed by atoms with van der Waals surface area (Å²) in [6.07, 6.45) is 4.03. The maximum Gasteiger partial charge on any atom is 0.157 e. The van der Waals surface area contributed by atoms with E-state index in [9.17, 15) is 0 Å². The van der Waals surface area contributed by atoms with E-state index < -0.39 is 0 Å². The van der Waals surface area contributed by atoms with Crippen LogP contribution in [0.3, 0.4) is 0 Å². The lowest BCUT2D eigenvalue weighted by atomic mass is 9.96. The second kappa shape index (κ2) is 4.40. The smallest absolute Gasteiger partial charge is 0.157 e. The molecule has 0 fully saturated rings. The molecule has 0 spiro atoms. The summed E-state index contributed by atoms with van der Waals surface area (Å²) in [4.78, 5) is 4.66. The van der Waals surface area contributed by atoms with E-state index in [0.29, 0.717) is 6.54 Å². The highest BCUT2D eigenvalue weighted by molar-refractivity contribution is 5.47. The van der Waals surface area contributed by atoms with Crippen molar-refractivity contribution in [2.45, 2.75) is 39.7 Å². The van der Waals surface area contributed by atoms with E-state index in [0.717, 1.165) is 22.7 Å². The minimum Gasteiger partial charge on any atom is -0.307 e. The lowest BCUT2D eigenvalue weighted by Crippen LogP contribution is -2.20. The summed E-state index contributed by atoms with van der Waals surface area (Å²) < 4.78 is 3.85. The first-order valence-corrected chi connectivity index (χ1v) is 6.65. The lowest BCUT2D eigenvalue weighted by Gasteiger charge is -2.16. The first-order valence-electron chi connectivity index (χ1n) is 6.65. The lowest BCUT2D eigenvalue weighted by molar-refractivity contribution is 0.488. The average Bonchev–Trinajstić information content (AvgIpc) is 2.95. The molecule has 0 atom stereocenters. The molecule has 6 heteroatoms. The Bertz CT molecular complexity index is 746. The molecule has 3 aromatic rings. The Hall–Kier alpha value is -2.24. The molecule has 0 amide bonds. The molecule has 0 radical (unpaired) electrons. The molecule has 3 rings (SSSR count). The van der Waals surface area contributed by atoms with Gasteiger partial charge in [0.15, 0.2) is 5.82 Å². The number of pyridine rings is 1. The van der Waals surface area contributed by atoms with Gasteiger partial charge < -0.3 is 4.40 Å². The number of imidazole rings is 1. The van der Waals surface area contributed by atoms with E-state index in [1.807, 2.05) is 27.5 Å².